The van der Waals surface area contributed by atoms with Crippen LogP contribution in [0.1, 0.15) is 16.7 Å². The van der Waals surface area contributed by atoms with Crippen LogP contribution in [0.15, 0.2) is 36.4 Å². The van der Waals surface area contributed by atoms with Crippen LogP contribution in [0.4, 0.5) is 15.8 Å². The molecule has 0 bridgehead atoms. The second-order valence-corrected chi connectivity index (χ2v) is 4.89. The summed E-state index contributed by atoms with van der Waals surface area (Å²) in [7, 11) is 0. The Hall–Kier alpha value is -1.94. The van der Waals surface area contributed by atoms with Crippen LogP contribution in [-0.4, -0.2) is 4.99 Å². The predicted molar refractivity (Wildman–Crippen MR) is 81.5 cm³/mol. The van der Waals surface area contributed by atoms with Gasteiger partial charge in [-0.25, -0.2) is 4.39 Å². The van der Waals surface area contributed by atoms with Crippen molar-refractivity contribution in [3.8, 4) is 0 Å². The number of aryl methyl sites for hydroxylation is 2. The van der Waals surface area contributed by atoms with Gasteiger partial charge < -0.3 is 11.1 Å². The predicted octanol–water partition coefficient (Wildman–Crippen LogP) is 3.82. The van der Waals surface area contributed by atoms with Gasteiger partial charge in [0.25, 0.3) is 0 Å². The Kier molecular flexibility index (Phi) is 3.81. The van der Waals surface area contributed by atoms with Crippen molar-refractivity contribution in [3.05, 3.63) is 58.9 Å². The maximum Gasteiger partial charge on any atom is 0.147 e. The molecule has 0 saturated carbocycles. The van der Waals surface area contributed by atoms with Gasteiger partial charge >= 0.3 is 0 Å². The van der Waals surface area contributed by atoms with E-state index in [9.17, 15) is 4.39 Å². The molecule has 0 unspecified atom stereocenters. The lowest BCUT2D eigenvalue weighted by molar-refractivity contribution is 0.631. The molecule has 2 aromatic carbocycles. The Bertz CT molecular complexity index is 618. The van der Waals surface area contributed by atoms with Gasteiger partial charge in [0.2, 0.25) is 0 Å². The van der Waals surface area contributed by atoms with Crippen LogP contribution >= 0.6 is 12.2 Å². The number of thiocarbonyl (C=S) groups is 1. The molecule has 0 amide bonds. The minimum Gasteiger partial charge on any atom is -0.389 e. The van der Waals surface area contributed by atoms with E-state index in [1.807, 2.05) is 32.0 Å². The summed E-state index contributed by atoms with van der Waals surface area (Å²) in [5.74, 6) is -0.368. The van der Waals surface area contributed by atoms with E-state index >= 15 is 0 Å². The van der Waals surface area contributed by atoms with Gasteiger partial charge in [-0.3, -0.25) is 0 Å². The van der Waals surface area contributed by atoms with Gasteiger partial charge in [-0.05, 0) is 43.2 Å². The van der Waals surface area contributed by atoms with Gasteiger partial charge in [-0.1, -0.05) is 30.4 Å². The lowest BCUT2D eigenvalue weighted by atomic mass is 10.1. The molecule has 0 aliphatic heterocycles. The highest BCUT2D eigenvalue weighted by atomic mass is 32.1. The summed E-state index contributed by atoms with van der Waals surface area (Å²) in [6.07, 6.45) is 0. The summed E-state index contributed by atoms with van der Waals surface area (Å²) in [6.45, 7) is 3.97. The number of hydrogen-bond acceptors (Lipinski definition) is 2. The van der Waals surface area contributed by atoms with Crippen molar-refractivity contribution in [3.63, 3.8) is 0 Å². The Labute approximate surface area is 117 Å². The van der Waals surface area contributed by atoms with Crippen LogP contribution in [0.5, 0.6) is 0 Å². The summed E-state index contributed by atoms with van der Waals surface area (Å²) in [4.78, 5) is 0.192. The van der Waals surface area contributed by atoms with Gasteiger partial charge in [-0.2, -0.15) is 0 Å². The maximum absolute atomic E-state index is 14.0. The summed E-state index contributed by atoms with van der Waals surface area (Å²) >= 11 is 4.83. The van der Waals surface area contributed by atoms with Crippen molar-refractivity contribution in [2.75, 3.05) is 5.32 Å². The highest BCUT2D eigenvalue weighted by molar-refractivity contribution is 7.80. The fourth-order valence-corrected chi connectivity index (χ4v) is 2.04. The normalized spacial score (nSPS) is 10.3. The maximum atomic E-state index is 14.0. The Morgan fingerprint density at radius 1 is 1.16 bits per heavy atom. The summed E-state index contributed by atoms with van der Waals surface area (Å²) < 4.78 is 14.0. The van der Waals surface area contributed by atoms with E-state index < -0.39 is 0 Å². The molecular formula is C15H15FN2S. The van der Waals surface area contributed by atoms with E-state index in [0.29, 0.717) is 11.3 Å². The first-order chi connectivity index (χ1) is 8.99. The number of nitrogens with one attached hydrogen (secondary N) is 1. The van der Waals surface area contributed by atoms with Crippen LogP contribution in [0.2, 0.25) is 0 Å². The van der Waals surface area contributed by atoms with E-state index in [1.165, 1.54) is 6.07 Å². The SMILES string of the molecule is Cc1cccc(C)c1Nc1ccc(C(N)=S)cc1F. The van der Waals surface area contributed by atoms with Gasteiger partial charge in [0.05, 0.1) is 5.69 Å². The first-order valence-corrected chi connectivity index (χ1v) is 6.32. The van der Waals surface area contributed by atoms with E-state index in [0.717, 1.165) is 16.8 Å². The molecule has 0 spiro atoms. The quantitative estimate of drug-likeness (QED) is 0.836. The molecule has 98 valence electrons. The van der Waals surface area contributed by atoms with Gasteiger partial charge in [0, 0.05) is 11.3 Å². The molecule has 4 heteroatoms. The average molecular weight is 274 g/mol. The molecule has 0 aliphatic carbocycles. The first-order valence-electron chi connectivity index (χ1n) is 5.91. The van der Waals surface area contributed by atoms with E-state index in [1.54, 1.807) is 12.1 Å². The van der Waals surface area contributed by atoms with E-state index in [4.69, 9.17) is 18.0 Å². The Morgan fingerprint density at radius 2 is 1.79 bits per heavy atom. The van der Waals surface area contributed by atoms with Gasteiger partial charge in [0.15, 0.2) is 0 Å². The molecule has 0 saturated heterocycles. The molecular weight excluding hydrogens is 259 g/mol. The third kappa shape index (κ3) is 2.90. The van der Waals surface area contributed by atoms with Crippen molar-refractivity contribution >= 4 is 28.6 Å². The fourth-order valence-electron chi connectivity index (χ4n) is 1.92. The topological polar surface area (TPSA) is 38.0 Å². The summed E-state index contributed by atoms with van der Waals surface area (Å²) in [6, 6.07) is 10.6. The van der Waals surface area contributed by atoms with Crippen molar-refractivity contribution in [2.24, 2.45) is 5.73 Å². The molecule has 0 aliphatic rings. The number of anilines is 2. The average Bonchev–Trinajstić information content (AvgIpc) is 2.35. The number of para-hydroxylation sites is 1. The molecule has 2 rings (SSSR count). The number of nitrogens with two attached hydrogens (primary N) is 1. The Balaban J connectivity index is 2.36. The van der Waals surface area contributed by atoms with Crippen molar-refractivity contribution in [2.45, 2.75) is 13.8 Å². The van der Waals surface area contributed by atoms with Gasteiger partial charge in [0.1, 0.15) is 10.8 Å². The molecule has 2 nitrogen and oxygen atoms in total. The van der Waals surface area contributed by atoms with Crippen molar-refractivity contribution < 1.29 is 4.39 Å². The van der Waals surface area contributed by atoms with Crippen LogP contribution in [0.3, 0.4) is 0 Å². The minimum atomic E-state index is -0.368. The molecule has 0 aromatic heterocycles. The smallest absolute Gasteiger partial charge is 0.147 e. The van der Waals surface area contributed by atoms with Crippen molar-refractivity contribution in [1.29, 1.82) is 0 Å². The molecule has 0 atom stereocenters. The third-order valence-electron chi connectivity index (χ3n) is 2.99. The highest BCUT2D eigenvalue weighted by Gasteiger charge is 2.08. The van der Waals surface area contributed by atoms with E-state index in [-0.39, 0.29) is 10.8 Å². The fraction of sp³-hybridized carbons (Fsp3) is 0.133. The lowest BCUT2D eigenvalue weighted by Gasteiger charge is -2.13. The third-order valence-corrected chi connectivity index (χ3v) is 3.23. The zero-order chi connectivity index (χ0) is 14.0. The minimum absolute atomic E-state index is 0.192. The molecule has 0 heterocycles. The summed E-state index contributed by atoms with van der Waals surface area (Å²) in [5, 5.41) is 3.12. The standard InChI is InChI=1S/C15H15FN2S/c1-9-4-3-5-10(2)14(9)18-13-7-6-11(15(17)19)8-12(13)16/h3-8,18H,1-2H3,(H2,17,19). The number of rotatable bonds is 3. The van der Waals surface area contributed by atoms with Crippen LogP contribution < -0.4 is 11.1 Å². The van der Waals surface area contributed by atoms with Gasteiger partial charge in [-0.15, -0.1) is 0 Å². The summed E-state index contributed by atoms with van der Waals surface area (Å²) in [5.41, 5.74) is 9.48. The van der Waals surface area contributed by atoms with Crippen LogP contribution in [0.25, 0.3) is 0 Å². The number of hydrogen-bond donors (Lipinski definition) is 2. The second-order valence-electron chi connectivity index (χ2n) is 4.45. The second kappa shape index (κ2) is 5.36. The monoisotopic (exact) mass is 274 g/mol. The van der Waals surface area contributed by atoms with Crippen molar-refractivity contribution in [1.82, 2.24) is 0 Å². The van der Waals surface area contributed by atoms with Crippen LogP contribution in [-0.2, 0) is 0 Å². The molecule has 3 N–H and O–H groups in total. The number of benzene rings is 2. The largest absolute Gasteiger partial charge is 0.389 e. The molecule has 0 radical (unpaired) electrons. The molecule has 19 heavy (non-hydrogen) atoms. The first kappa shape index (κ1) is 13.5. The van der Waals surface area contributed by atoms with E-state index in [2.05, 4.69) is 5.32 Å². The number of halogens is 1. The highest BCUT2D eigenvalue weighted by Crippen LogP contribution is 2.26. The zero-order valence-electron chi connectivity index (χ0n) is 10.8. The lowest BCUT2D eigenvalue weighted by Crippen LogP contribution is -2.10. The molecule has 2 aromatic rings. The Morgan fingerprint density at radius 3 is 2.32 bits per heavy atom. The zero-order valence-corrected chi connectivity index (χ0v) is 11.6. The molecule has 0 fully saturated rings. The van der Waals surface area contributed by atoms with Crippen LogP contribution in [0, 0.1) is 19.7 Å².